The largest absolute Gasteiger partial charge is 0.465 e. The van der Waals surface area contributed by atoms with E-state index in [-0.39, 0.29) is 5.97 Å². The predicted octanol–water partition coefficient (Wildman–Crippen LogP) is 1.65. The lowest BCUT2D eigenvalue weighted by Crippen LogP contribution is -2.58. The van der Waals surface area contributed by atoms with Gasteiger partial charge in [-0.15, -0.1) is 0 Å². The van der Waals surface area contributed by atoms with Gasteiger partial charge < -0.3 is 10.1 Å². The molecule has 1 fully saturated rings. The van der Waals surface area contributed by atoms with Crippen LogP contribution in [0, 0.1) is 5.92 Å². The first-order valence-electron chi connectivity index (χ1n) is 7.03. The highest BCUT2D eigenvalue weighted by Crippen LogP contribution is 2.24. The monoisotopic (exact) mass is 256 g/mol. The molecule has 4 nitrogen and oxygen atoms in total. The van der Waals surface area contributed by atoms with Crippen LogP contribution in [-0.4, -0.2) is 49.2 Å². The van der Waals surface area contributed by atoms with Crippen LogP contribution < -0.4 is 5.32 Å². The molecule has 0 aliphatic carbocycles. The summed E-state index contributed by atoms with van der Waals surface area (Å²) in [6.45, 7) is 10.5. The topological polar surface area (TPSA) is 41.6 Å². The molecule has 1 N–H and O–H groups in total. The van der Waals surface area contributed by atoms with Crippen LogP contribution in [0.4, 0.5) is 0 Å². The Balaban J connectivity index is 2.64. The van der Waals surface area contributed by atoms with Gasteiger partial charge in [0.2, 0.25) is 0 Å². The van der Waals surface area contributed by atoms with Gasteiger partial charge in [-0.25, -0.2) is 0 Å². The molecule has 1 heterocycles. The zero-order valence-electron chi connectivity index (χ0n) is 12.5. The molecule has 1 saturated heterocycles. The minimum atomic E-state index is -0.606. The van der Waals surface area contributed by atoms with Crippen molar-refractivity contribution in [1.82, 2.24) is 10.2 Å². The number of esters is 1. The number of piperidine rings is 1. The van der Waals surface area contributed by atoms with Crippen molar-refractivity contribution in [2.24, 2.45) is 5.92 Å². The standard InChI is InChI=1S/C14H28N2O2/c1-6-18-13(17)14(4,15-5)10-16-8-7-11(2)9-12(16)3/h11-12,15H,6-10H2,1-5H3. The van der Waals surface area contributed by atoms with E-state index in [1.165, 1.54) is 12.8 Å². The average molecular weight is 256 g/mol. The van der Waals surface area contributed by atoms with Gasteiger partial charge in [0.15, 0.2) is 0 Å². The maximum absolute atomic E-state index is 12.0. The second-order valence-electron chi connectivity index (χ2n) is 5.75. The second kappa shape index (κ2) is 6.53. The fourth-order valence-electron chi connectivity index (χ4n) is 2.63. The highest BCUT2D eigenvalue weighted by molar-refractivity contribution is 5.80. The third kappa shape index (κ3) is 3.69. The van der Waals surface area contributed by atoms with Gasteiger partial charge in [-0.1, -0.05) is 6.92 Å². The van der Waals surface area contributed by atoms with Gasteiger partial charge in [-0.05, 0) is 53.1 Å². The van der Waals surface area contributed by atoms with Crippen LogP contribution in [0.15, 0.2) is 0 Å². The van der Waals surface area contributed by atoms with Crippen molar-refractivity contribution < 1.29 is 9.53 Å². The molecule has 1 aliphatic heterocycles. The molecule has 0 amide bonds. The number of ether oxygens (including phenoxy) is 1. The van der Waals surface area contributed by atoms with Gasteiger partial charge in [0.25, 0.3) is 0 Å². The number of carbonyl (C=O) groups is 1. The summed E-state index contributed by atoms with van der Waals surface area (Å²) in [5.74, 6) is 0.637. The Morgan fingerprint density at radius 3 is 2.67 bits per heavy atom. The Bertz CT molecular complexity index is 283. The lowest BCUT2D eigenvalue weighted by atomic mass is 9.91. The van der Waals surface area contributed by atoms with Crippen molar-refractivity contribution in [2.45, 2.75) is 52.1 Å². The minimum absolute atomic E-state index is 0.154. The number of likely N-dealkylation sites (tertiary alicyclic amines) is 1. The lowest BCUT2D eigenvalue weighted by Gasteiger charge is -2.41. The number of hydrogen-bond donors (Lipinski definition) is 1. The van der Waals surface area contributed by atoms with Crippen LogP contribution in [-0.2, 0) is 9.53 Å². The third-order valence-corrected chi connectivity index (χ3v) is 4.07. The maximum atomic E-state index is 12.0. The first kappa shape index (κ1) is 15.4. The molecule has 4 heteroatoms. The van der Waals surface area contributed by atoms with Crippen molar-refractivity contribution in [3.05, 3.63) is 0 Å². The number of carbonyl (C=O) groups excluding carboxylic acids is 1. The van der Waals surface area contributed by atoms with Crippen molar-refractivity contribution in [3.63, 3.8) is 0 Å². The second-order valence-corrected chi connectivity index (χ2v) is 5.75. The average Bonchev–Trinajstić information content (AvgIpc) is 2.33. The molecule has 1 aliphatic rings. The summed E-state index contributed by atoms with van der Waals surface area (Å²) < 4.78 is 5.17. The molecular formula is C14H28N2O2. The van der Waals surface area contributed by atoms with E-state index in [0.717, 1.165) is 19.0 Å². The Morgan fingerprint density at radius 1 is 1.50 bits per heavy atom. The Kier molecular flexibility index (Phi) is 5.60. The minimum Gasteiger partial charge on any atom is -0.465 e. The van der Waals surface area contributed by atoms with E-state index in [4.69, 9.17) is 4.74 Å². The van der Waals surface area contributed by atoms with Crippen molar-refractivity contribution in [1.29, 1.82) is 0 Å². The summed E-state index contributed by atoms with van der Waals surface area (Å²) in [7, 11) is 1.83. The predicted molar refractivity (Wildman–Crippen MR) is 73.5 cm³/mol. The van der Waals surface area contributed by atoms with Gasteiger partial charge in [-0.2, -0.15) is 0 Å². The molecular weight excluding hydrogens is 228 g/mol. The van der Waals surface area contributed by atoms with E-state index in [1.807, 2.05) is 20.9 Å². The van der Waals surface area contributed by atoms with Gasteiger partial charge in [0.1, 0.15) is 5.54 Å². The van der Waals surface area contributed by atoms with E-state index >= 15 is 0 Å². The molecule has 3 atom stereocenters. The molecule has 0 aromatic heterocycles. The smallest absolute Gasteiger partial charge is 0.327 e. The number of nitrogens with zero attached hydrogens (tertiary/aromatic N) is 1. The summed E-state index contributed by atoms with van der Waals surface area (Å²) in [6.07, 6.45) is 2.43. The highest BCUT2D eigenvalue weighted by Gasteiger charge is 2.37. The molecule has 0 aromatic rings. The molecule has 0 radical (unpaired) electrons. The molecule has 18 heavy (non-hydrogen) atoms. The van der Waals surface area contributed by atoms with Crippen LogP contribution in [0.2, 0.25) is 0 Å². The molecule has 1 rings (SSSR count). The number of nitrogens with one attached hydrogen (secondary N) is 1. The van der Waals surface area contributed by atoms with Crippen LogP contribution in [0.1, 0.15) is 40.5 Å². The van der Waals surface area contributed by atoms with E-state index in [1.54, 1.807) is 0 Å². The van der Waals surface area contributed by atoms with Crippen LogP contribution in [0.3, 0.4) is 0 Å². The first-order chi connectivity index (χ1) is 8.42. The Morgan fingerprint density at radius 2 is 2.17 bits per heavy atom. The van der Waals surface area contributed by atoms with Crippen LogP contribution in [0.25, 0.3) is 0 Å². The Labute approximate surface area is 111 Å². The summed E-state index contributed by atoms with van der Waals surface area (Å²) in [5.41, 5.74) is -0.606. The molecule has 106 valence electrons. The molecule has 0 spiro atoms. The summed E-state index contributed by atoms with van der Waals surface area (Å²) in [4.78, 5) is 14.4. The van der Waals surface area contributed by atoms with Crippen molar-refractivity contribution in [3.8, 4) is 0 Å². The van der Waals surface area contributed by atoms with E-state index in [0.29, 0.717) is 12.6 Å². The Hall–Kier alpha value is -0.610. The summed E-state index contributed by atoms with van der Waals surface area (Å²) >= 11 is 0. The zero-order valence-corrected chi connectivity index (χ0v) is 12.5. The number of hydrogen-bond acceptors (Lipinski definition) is 4. The van der Waals surface area contributed by atoms with E-state index in [9.17, 15) is 4.79 Å². The first-order valence-corrected chi connectivity index (χ1v) is 7.03. The molecule has 0 bridgehead atoms. The van der Waals surface area contributed by atoms with Gasteiger partial charge in [0, 0.05) is 12.6 Å². The van der Waals surface area contributed by atoms with Gasteiger partial charge in [-0.3, -0.25) is 9.69 Å². The SMILES string of the molecule is CCOC(=O)C(C)(CN1CCC(C)CC1C)NC. The summed E-state index contributed by atoms with van der Waals surface area (Å²) in [6, 6.07) is 0.538. The van der Waals surface area contributed by atoms with Crippen LogP contribution in [0.5, 0.6) is 0 Å². The maximum Gasteiger partial charge on any atom is 0.327 e. The van der Waals surface area contributed by atoms with Crippen molar-refractivity contribution >= 4 is 5.97 Å². The highest BCUT2D eigenvalue weighted by atomic mass is 16.5. The summed E-state index contributed by atoms with van der Waals surface area (Å²) in [5, 5.41) is 3.13. The quantitative estimate of drug-likeness (QED) is 0.759. The fraction of sp³-hybridized carbons (Fsp3) is 0.929. The van der Waals surface area contributed by atoms with Gasteiger partial charge in [0.05, 0.1) is 6.61 Å². The number of likely N-dealkylation sites (N-methyl/N-ethyl adjacent to an activating group) is 1. The third-order valence-electron chi connectivity index (χ3n) is 4.07. The number of rotatable bonds is 5. The van der Waals surface area contributed by atoms with E-state index < -0.39 is 5.54 Å². The normalized spacial score (nSPS) is 28.7. The lowest BCUT2D eigenvalue weighted by molar-refractivity contribution is -0.151. The van der Waals surface area contributed by atoms with E-state index in [2.05, 4.69) is 24.1 Å². The zero-order chi connectivity index (χ0) is 13.8. The molecule has 0 saturated carbocycles. The molecule has 0 aromatic carbocycles. The van der Waals surface area contributed by atoms with Crippen molar-refractivity contribution in [2.75, 3.05) is 26.7 Å². The van der Waals surface area contributed by atoms with Crippen LogP contribution >= 0.6 is 0 Å². The fourth-order valence-corrected chi connectivity index (χ4v) is 2.63. The molecule has 3 unspecified atom stereocenters. The van der Waals surface area contributed by atoms with Gasteiger partial charge >= 0.3 is 5.97 Å².